The van der Waals surface area contributed by atoms with Crippen LogP contribution in [0.5, 0.6) is 11.5 Å². The highest BCUT2D eigenvalue weighted by Gasteiger charge is 2.12. The molecule has 0 spiro atoms. The maximum atomic E-state index is 11.1. The highest BCUT2D eigenvalue weighted by Crippen LogP contribution is 2.25. The summed E-state index contributed by atoms with van der Waals surface area (Å²) in [6.45, 7) is 7.17. The maximum Gasteiger partial charge on any atom is 0.339 e. The number of carboxylic acids is 1. The van der Waals surface area contributed by atoms with Gasteiger partial charge in [0.2, 0.25) is 0 Å². The molecular weight excluding hydrogens is 260 g/mol. The summed E-state index contributed by atoms with van der Waals surface area (Å²) >= 11 is 0. The Hall–Kier alpha value is -1.75. The Labute approximate surface area is 119 Å². The molecule has 0 aliphatic heterocycles. The minimum atomic E-state index is -1.02. The smallest absolute Gasteiger partial charge is 0.339 e. The van der Waals surface area contributed by atoms with Crippen molar-refractivity contribution in [1.29, 1.82) is 0 Å². The lowest BCUT2D eigenvalue weighted by molar-refractivity contribution is 0.0538. The van der Waals surface area contributed by atoms with E-state index in [4.69, 9.17) is 19.3 Å². The average molecular weight is 282 g/mol. The van der Waals surface area contributed by atoms with Crippen LogP contribution in [0.25, 0.3) is 0 Å². The van der Waals surface area contributed by atoms with Crippen LogP contribution in [0.4, 0.5) is 0 Å². The fourth-order valence-electron chi connectivity index (χ4n) is 1.54. The summed E-state index contributed by atoms with van der Waals surface area (Å²) in [6.07, 6.45) is 1.01. The van der Waals surface area contributed by atoms with Gasteiger partial charge in [-0.05, 0) is 32.4 Å². The van der Waals surface area contributed by atoms with E-state index in [0.717, 1.165) is 6.42 Å². The average Bonchev–Trinajstić information content (AvgIpc) is 2.41. The maximum absolute atomic E-state index is 11.1. The zero-order chi connectivity index (χ0) is 15.0. The molecule has 1 aromatic rings. The van der Waals surface area contributed by atoms with Gasteiger partial charge in [0.05, 0.1) is 19.3 Å². The van der Waals surface area contributed by atoms with E-state index < -0.39 is 5.97 Å². The molecule has 0 fully saturated rings. The topological polar surface area (TPSA) is 65.0 Å². The molecule has 1 N–H and O–H groups in total. The van der Waals surface area contributed by atoms with Gasteiger partial charge in [-0.1, -0.05) is 6.92 Å². The fraction of sp³-hybridized carbons (Fsp3) is 0.533. The molecule has 0 aromatic heterocycles. The Bertz CT molecular complexity index is 428. The molecule has 5 heteroatoms. The predicted molar refractivity (Wildman–Crippen MR) is 75.8 cm³/mol. The van der Waals surface area contributed by atoms with Crippen molar-refractivity contribution in [3.63, 3.8) is 0 Å². The number of aromatic carboxylic acids is 1. The van der Waals surface area contributed by atoms with Crippen molar-refractivity contribution in [2.45, 2.75) is 33.3 Å². The second-order valence-corrected chi connectivity index (χ2v) is 4.58. The van der Waals surface area contributed by atoms with Gasteiger partial charge in [0.25, 0.3) is 0 Å². The normalized spacial score (nSPS) is 10.6. The Morgan fingerprint density at radius 2 is 1.95 bits per heavy atom. The highest BCUT2D eigenvalue weighted by molar-refractivity contribution is 5.91. The van der Waals surface area contributed by atoms with Crippen molar-refractivity contribution in [2.24, 2.45) is 0 Å². The van der Waals surface area contributed by atoms with Crippen LogP contribution in [0.1, 0.15) is 37.6 Å². The molecular formula is C15H22O5. The number of benzene rings is 1. The largest absolute Gasteiger partial charge is 0.493 e. The van der Waals surface area contributed by atoms with Crippen LogP contribution in [-0.4, -0.2) is 37.0 Å². The minimum absolute atomic E-state index is 0.122. The predicted octanol–water partition coefficient (Wildman–Crippen LogP) is 2.98. The first-order valence-corrected chi connectivity index (χ1v) is 6.79. The Kier molecular flexibility index (Phi) is 6.87. The van der Waals surface area contributed by atoms with Crippen LogP contribution in [0.2, 0.25) is 0 Å². The van der Waals surface area contributed by atoms with Crippen molar-refractivity contribution < 1.29 is 24.1 Å². The molecule has 1 aromatic carbocycles. The SMILES string of the molecule is CCCOc1ccc(C(=O)O)c(OCCOC(C)C)c1. The monoisotopic (exact) mass is 282 g/mol. The van der Waals surface area contributed by atoms with Gasteiger partial charge < -0.3 is 19.3 Å². The minimum Gasteiger partial charge on any atom is -0.493 e. The summed E-state index contributed by atoms with van der Waals surface area (Å²) in [5.41, 5.74) is 0.124. The molecule has 0 atom stereocenters. The fourth-order valence-corrected chi connectivity index (χ4v) is 1.54. The van der Waals surface area contributed by atoms with Crippen LogP contribution in [0.15, 0.2) is 18.2 Å². The van der Waals surface area contributed by atoms with Gasteiger partial charge in [0.1, 0.15) is 23.7 Å². The molecule has 0 saturated carbocycles. The van der Waals surface area contributed by atoms with Crippen LogP contribution >= 0.6 is 0 Å². The van der Waals surface area contributed by atoms with Crippen LogP contribution < -0.4 is 9.47 Å². The van der Waals surface area contributed by atoms with Crippen molar-refractivity contribution in [3.8, 4) is 11.5 Å². The van der Waals surface area contributed by atoms with Gasteiger partial charge in [-0.2, -0.15) is 0 Å². The quantitative estimate of drug-likeness (QED) is 0.705. The highest BCUT2D eigenvalue weighted by atomic mass is 16.5. The lowest BCUT2D eigenvalue weighted by atomic mass is 10.2. The molecule has 0 bridgehead atoms. The van der Waals surface area contributed by atoms with Crippen LogP contribution in [-0.2, 0) is 4.74 Å². The molecule has 0 unspecified atom stereocenters. The third kappa shape index (κ3) is 5.48. The molecule has 0 aliphatic rings. The third-order valence-corrected chi connectivity index (χ3v) is 2.45. The lowest BCUT2D eigenvalue weighted by Gasteiger charge is -2.13. The summed E-state index contributed by atoms with van der Waals surface area (Å²) in [5.74, 6) is -0.109. The van der Waals surface area contributed by atoms with Gasteiger partial charge in [0, 0.05) is 6.07 Å². The molecule has 0 heterocycles. The van der Waals surface area contributed by atoms with Gasteiger partial charge in [-0.25, -0.2) is 4.79 Å². The molecule has 0 saturated heterocycles. The number of rotatable bonds is 9. The molecule has 20 heavy (non-hydrogen) atoms. The number of ether oxygens (including phenoxy) is 3. The van der Waals surface area contributed by atoms with Crippen LogP contribution in [0.3, 0.4) is 0 Å². The standard InChI is InChI=1S/C15H22O5/c1-4-7-19-12-5-6-13(15(16)17)14(10-12)20-9-8-18-11(2)3/h5-6,10-11H,4,7-9H2,1-3H3,(H,16,17). The van der Waals surface area contributed by atoms with E-state index in [1.807, 2.05) is 20.8 Å². The van der Waals surface area contributed by atoms with Gasteiger partial charge in [-0.3, -0.25) is 0 Å². The van der Waals surface area contributed by atoms with E-state index in [9.17, 15) is 4.79 Å². The first-order valence-electron chi connectivity index (χ1n) is 6.79. The summed E-state index contributed by atoms with van der Waals surface area (Å²) in [5, 5.41) is 9.13. The van der Waals surface area contributed by atoms with Gasteiger partial charge in [0.15, 0.2) is 0 Å². The Morgan fingerprint density at radius 1 is 1.20 bits per heavy atom. The Balaban J connectivity index is 2.70. The third-order valence-electron chi connectivity index (χ3n) is 2.45. The van der Waals surface area contributed by atoms with Crippen molar-refractivity contribution >= 4 is 5.97 Å². The molecule has 1 rings (SSSR count). The second kappa shape index (κ2) is 8.43. The van der Waals surface area contributed by atoms with E-state index in [-0.39, 0.29) is 11.7 Å². The number of carbonyl (C=O) groups is 1. The first-order chi connectivity index (χ1) is 9.54. The second-order valence-electron chi connectivity index (χ2n) is 4.58. The van der Waals surface area contributed by atoms with Crippen molar-refractivity contribution in [3.05, 3.63) is 23.8 Å². The van der Waals surface area contributed by atoms with Gasteiger partial charge in [-0.15, -0.1) is 0 Å². The number of hydrogen-bond donors (Lipinski definition) is 1. The van der Waals surface area contributed by atoms with Crippen molar-refractivity contribution in [1.82, 2.24) is 0 Å². The zero-order valence-corrected chi connectivity index (χ0v) is 12.2. The summed E-state index contributed by atoms with van der Waals surface area (Å²) in [4.78, 5) is 11.1. The van der Waals surface area contributed by atoms with Crippen LogP contribution in [0, 0.1) is 0 Å². The summed E-state index contributed by atoms with van der Waals surface area (Å²) in [7, 11) is 0. The molecule has 0 aliphatic carbocycles. The Morgan fingerprint density at radius 3 is 2.55 bits per heavy atom. The molecule has 0 amide bonds. The van der Waals surface area contributed by atoms with E-state index >= 15 is 0 Å². The van der Waals surface area contributed by atoms with Crippen molar-refractivity contribution in [2.75, 3.05) is 19.8 Å². The summed E-state index contributed by atoms with van der Waals surface area (Å²) in [6, 6.07) is 4.73. The lowest BCUT2D eigenvalue weighted by Crippen LogP contribution is -2.13. The number of hydrogen-bond acceptors (Lipinski definition) is 4. The molecule has 0 radical (unpaired) electrons. The number of carboxylic acid groups (broad SMARTS) is 1. The van der Waals surface area contributed by atoms with Gasteiger partial charge >= 0.3 is 5.97 Å². The molecule has 112 valence electrons. The van der Waals surface area contributed by atoms with E-state index in [1.54, 1.807) is 12.1 Å². The molecule has 5 nitrogen and oxygen atoms in total. The first kappa shape index (κ1) is 16.3. The zero-order valence-electron chi connectivity index (χ0n) is 12.2. The van der Waals surface area contributed by atoms with E-state index in [2.05, 4.69) is 0 Å². The van der Waals surface area contributed by atoms with E-state index in [0.29, 0.717) is 31.3 Å². The summed E-state index contributed by atoms with van der Waals surface area (Å²) < 4.78 is 16.3. The van der Waals surface area contributed by atoms with E-state index in [1.165, 1.54) is 6.07 Å².